The number of carbonyl (C=O) groups is 1. The van der Waals surface area contributed by atoms with Gasteiger partial charge in [0.2, 0.25) is 5.91 Å². The van der Waals surface area contributed by atoms with Crippen LogP contribution in [0.15, 0.2) is 10.7 Å². The van der Waals surface area contributed by atoms with Gasteiger partial charge in [-0.2, -0.15) is 23.4 Å². The predicted molar refractivity (Wildman–Crippen MR) is 88.9 cm³/mol. The molecule has 1 N–H and O–H groups in total. The van der Waals surface area contributed by atoms with Gasteiger partial charge in [-0.3, -0.25) is 14.2 Å². The minimum atomic E-state index is -4.59. The van der Waals surface area contributed by atoms with Gasteiger partial charge in [-0.05, 0) is 43.6 Å². The third kappa shape index (κ3) is 4.05. The lowest BCUT2D eigenvalue weighted by Crippen LogP contribution is -2.31. The number of alkyl halides is 3. The lowest BCUT2D eigenvalue weighted by atomic mass is 10.2. The molecule has 0 aliphatic carbocycles. The fraction of sp³-hybridized carbons (Fsp3) is 0.533. The molecule has 25 heavy (non-hydrogen) atoms. The largest absolute Gasteiger partial charge is 0.436 e. The van der Waals surface area contributed by atoms with Crippen LogP contribution in [-0.4, -0.2) is 25.5 Å². The maximum Gasteiger partial charge on any atom is 0.436 e. The summed E-state index contributed by atoms with van der Waals surface area (Å²) in [4.78, 5) is 12.3. The second kappa shape index (κ2) is 7.19. The van der Waals surface area contributed by atoms with Crippen LogP contribution in [-0.2, 0) is 24.1 Å². The number of nitrogens with one attached hydrogen (secondary N) is 1. The molecular formula is C15H19BrF3N5O. The molecule has 2 rings (SSSR count). The molecule has 2 aromatic heterocycles. The molecule has 0 aliphatic heterocycles. The Kier molecular flexibility index (Phi) is 5.60. The zero-order chi connectivity index (χ0) is 18.9. The third-order valence-electron chi connectivity index (χ3n) is 3.92. The van der Waals surface area contributed by atoms with Gasteiger partial charge in [0, 0.05) is 24.8 Å². The van der Waals surface area contributed by atoms with E-state index >= 15 is 0 Å². The van der Waals surface area contributed by atoms with Crippen LogP contribution in [0, 0.1) is 13.8 Å². The lowest BCUT2D eigenvalue weighted by Gasteiger charge is -2.14. The smallest absolute Gasteiger partial charge is 0.350 e. The van der Waals surface area contributed by atoms with E-state index < -0.39 is 23.8 Å². The Balaban J connectivity index is 2.13. The molecule has 6 nitrogen and oxygen atoms in total. The summed E-state index contributed by atoms with van der Waals surface area (Å²) >= 11 is 2.90. The number of halogens is 4. The number of amides is 1. The molecule has 138 valence electrons. The van der Waals surface area contributed by atoms with Gasteiger partial charge in [0.05, 0.1) is 15.9 Å². The SMILES string of the molecule is CCn1cc(CNC(=O)C(C)n2nc(C(F)(F)F)c(Br)c2C)c(C)n1. The molecule has 1 amide bonds. The summed E-state index contributed by atoms with van der Waals surface area (Å²) in [5.74, 6) is -0.421. The summed E-state index contributed by atoms with van der Waals surface area (Å²) in [6.45, 7) is 7.74. The Morgan fingerprint density at radius 2 is 2.00 bits per heavy atom. The van der Waals surface area contributed by atoms with Gasteiger partial charge in [0.25, 0.3) is 0 Å². The summed E-state index contributed by atoms with van der Waals surface area (Å²) in [5.41, 5.74) is 0.860. The predicted octanol–water partition coefficient (Wildman–Crippen LogP) is 3.38. The van der Waals surface area contributed by atoms with Crippen molar-refractivity contribution in [1.82, 2.24) is 24.9 Å². The Hall–Kier alpha value is -1.84. The molecule has 1 unspecified atom stereocenters. The van der Waals surface area contributed by atoms with Crippen LogP contribution in [0.3, 0.4) is 0 Å². The highest BCUT2D eigenvalue weighted by Gasteiger charge is 2.38. The first kappa shape index (κ1) is 19.5. The Labute approximate surface area is 151 Å². The molecular weight excluding hydrogens is 403 g/mol. The van der Waals surface area contributed by atoms with Gasteiger partial charge in [-0.25, -0.2) is 0 Å². The van der Waals surface area contributed by atoms with Gasteiger partial charge in [0.1, 0.15) is 6.04 Å². The van der Waals surface area contributed by atoms with Crippen LogP contribution in [0.1, 0.15) is 42.5 Å². The summed E-state index contributed by atoms with van der Waals surface area (Å²) in [5, 5.41) is 10.6. The maximum atomic E-state index is 12.9. The van der Waals surface area contributed by atoms with Crippen molar-refractivity contribution in [3.8, 4) is 0 Å². The van der Waals surface area contributed by atoms with E-state index in [4.69, 9.17) is 0 Å². The zero-order valence-electron chi connectivity index (χ0n) is 14.3. The van der Waals surface area contributed by atoms with Crippen LogP contribution >= 0.6 is 15.9 Å². The second-order valence-corrected chi connectivity index (χ2v) is 6.47. The van der Waals surface area contributed by atoms with E-state index in [9.17, 15) is 18.0 Å². The van der Waals surface area contributed by atoms with Crippen molar-refractivity contribution >= 4 is 21.8 Å². The highest BCUT2D eigenvalue weighted by atomic mass is 79.9. The van der Waals surface area contributed by atoms with E-state index in [1.54, 1.807) is 4.68 Å². The number of hydrogen-bond acceptors (Lipinski definition) is 3. The number of nitrogens with zero attached hydrogens (tertiary/aromatic N) is 4. The van der Waals surface area contributed by atoms with E-state index in [0.29, 0.717) is 6.54 Å². The summed E-state index contributed by atoms with van der Waals surface area (Å²) in [6, 6.07) is -0.881. The Bertz CT molecular complexity index is 781. The minimum absolute atomic E-state index is 0.153. The molecule has 0 spiro atoms. The molecule has 2 heterocycles. The van der Waals surface area contributed by atoms with Gasteiger partial charge < -0.3 is 5.32 Å². The first-order valence-corrected chi connectivity index (χ1v) is 8.48. The molecule has 0 bridgehead atoms. The number of hydrogen-bond donors (Lipinski definition) is 1. The molecule has 1 atom stereocenters. The number of rotatable bonds is 5. The van der Waals surface area contributed by atoms with E-state index in [-0.39, 0.29) is 16.7 Å². The second-order valence-electron chi connectivity index (χ2n) is 5.68. The Morgan fingerprint density at radius 1 is 1.36 bits per heavy atom. The van der Waals surface area contributed by atoms with Crippen molar-refractivity contribution in [3.63, 3.8) is 0 Å². The van der Waals surface area contributed by atoms with Crippen LogP contribution in [0.5, 0.6) is 0 Å². The van der Waals surface area contributed by atoms with Gasteiger partial charge in [0.15, 0.2) is 5.69 Å². The molecule has 0 fully saturated rings. The first-order chi connectivity index (χ1) is 11.6. The number of aromatic nitrogens is 4. The lowest BCUT2D eigenvalue weighted by molar-refractivity contribution is -0.142. The summed E-state index contributed by atoms with van der Waals surface area (Å²) in [7, 11) is 0. The fourth-order valence-electron chi connectivity index (χ4n) is 2.39. The number of carbonyl (C=O) groups excluding carboxylic acids is 1. The minimum Gasteiger partial charge on any atom is -0.350 e. The van der Waals surface area contributed by atoms with E-state index in [1.807, 2.05) is 20.0 Å². The van der Waals surface area contributed by atoms with Crippen LogP contribution in [0.4, 0.5) is 13.2 Å². The highest BCUT2D eigenvalue weighted by Crippen LogP contribution is 2.36. The van der Waals surface area contributed by atoms with Crippen LogP contribution in [0.25, 0.3) is 0 Å². The van der Waals surface area contributed by atoms with Gasteiger partial charge >= 0.3 is 6.18 Å². The normalized spacial score (nSPS) is 13.1. The average molecular weight is 422 g/mol. The molecule has 10 heteroatoms. The molecule has 2 aromatic rings. The fourth-order valence-corrected chi connectivity index (χ4v) is 2.88. The molecule has 0 saturated carbocycles. The summed E-state index contributed by atoms with van der Waals surface area (Å²) in [6.07, 6.45) is -2.76. The third-order valence-corrected chi connectivity index (χ3v) is 4.87. The molecule has 0 saturated heterocycles. The van der Waals surface area contributed by atoms with E-state index in [2.05, 4.69) is 31.4 Å². The Morgan fingerprint density at radius 3 is 2.48 bits per heavy atom. The first-order valence-electron chi connectivity index (χ1n) is 7.68. The number of aryl methyl sites for hydroxylation is 2. The van der Waals surface area contributed by atoms with Gasteiger partial charge in [-0.15, -0.1) is 0 Å². The molecule has 0 aliphatic rings. The monoisotopic (exact) mass is 421 g/mol. The van der Waals surface area contributed by atoms with Crippen LogP contribution in [0.2, 0.25) is 0 Å². The zero-order valence-corrected chi connectivity index (χ0v) is 15.9. The quantitative estimate of drug-likeness (QED) is 0.804. The van der Waals surface area contributed by atoms with Crippen molar-refractivity contribution in [1.29, 1.82) is 0 Å². The van der Waals surface area contributed by atoms with Gasteiger partial charge in [-0.1, -0.05) is 0 Å². The standard InChI is InChI=1S/C15H19BrF3N5O/c1-5-23-7-11(8(2)21-23)6-20-14(25)10(4)24-9(3)12(16)13(22-24)15(17,18)19/h7,10H,5-6H2,1-4H3,(H,20,25). The van der Waals surface area contributed by atoms with Crippen LogP contribution < -0.4 is 5.32 Å². The topological polar surface area (TPSA) is 64.7 Å². The average Bonchev–Trinajstić information content (AvgIpc) is 3.04. The van der Waals surface area contributed by atoms with Crippen molar-refractivity contribution < 1.29 is 18.0 Å². The van der Waals surface area contributed by atoms with Crippen molar-refractivity contribution in [2.45, 2.75) is 53.0 Å². The van der Waals surface area contributed by atoms with Crippen molar-refractivity contribution in [2.75, 3.05) is 0 Å². The molecule has 0 aromatic carbocycles. The van der Waals surface area contributed by atoms with Crippen molar-refractivity contribution in [3.05, 3.63) is 33.3 Å². The molecule has 0 radical (unpaired) electrons. The highest BCUT2D eigenvalue weighted by molar-refractivity contribution is 9.10. The van der Waals surface area contributed by atoms with Crippen molar-refractivity contribution in [2.24, 2.45) is 0 Å². The van der Waals surface area contributed by atoms with E-state index in [1.165, 1.54) is 13.8 Å². The maximum absolute atomic E-state index is 12.9. The van der Waals surface area contributed by atoms with E-state index in [0.717, 1.165) is 15.9 Å². The summed E-state index contributed by atoms with van der Waals surface area (Å²) < 4.78 is 41.5.